The molecule has 2 amide bonds. The molecule has 246 valence electrons. The Bertz CT molecular complexity index is 1880. The van der Waals surface area contributed by atoms with Gasteiger partial charge in [-0.15, -0.1) is 0 Å². The van der Waals surface area contributed by atoms with Crippen LogP contribution in [-0.4, -0.2) is 35.6 Å². The fraction of sp³-hybridized carbons (Fsp3) is 0.290. The number of halogens is 9. The molecule has 3 aliphatic carbocycles. The maximum atomic E-state index is 14.1. The van der Waals surface area contributed by atoms with Crippen molar-refractivity contribution < 1.29 is 55.4 Å². The van der Waals surface area contributed by atoms with Gasteiger partial charge in [-0.2, -0.15) is 26.3 Å². The molecule has 0 bridgehead atoms. The summed E-state index contributed by atoms with van der Waals surface area (Å²) in [7, 11) is 1.29. The number of hydrogen-bond acceptors (Lipinski definition) is 6. The van der Waals surface area contributed by atoms with Gasteiger partial charge in [-0.1, -0.05) is 11.6 Å². The van der Waals surface area contributed by atoms with E-state index in [9.17, 15) is 50.6 Å². The minimum absolute atomic E-state index is 0.00301. The summed E-state index contributed by atoms with van der Waals surface area (Å²) < 4.78 is 87.7. The van der Waals surface area contributed by atoms with Crippen LogP contribution in [0.5, 0.6) is 11.5 Å². The number of ketones is 2. The van der Waals surface area contributed by atoms with Gasteiger partial charge in [0.15, 0.2) is 23.1 Å². The number of aromatic hydroxyl groups is 1. The van der Waals surface area contributed by atoms with Gasteiger partial charge in [-0.3, -0.25) is 19.2 Å². The lowest BCUT2D eigenvalue weighted by molar-refractivity contribution is -0.143. The number of Topliss-reactive ketones (excluding diaryl/α,β-unsaturated/α-hetero) is 1. The maximum absolute atomic E-state index is 14.1. The van der Waals surface area contributed by atoms with E-state index in [-0.39, 0.29) is 55.0 Å². The fourth-order valence-electron chi connectivity index (χ4n) is 6.86. The zero-order valence-electron chi connectivity index (χ0n) is 23.5. The summed E-state index contributed by atoms with van der Waals surface area (Å²) in [6, 6.07) is 1.99. The van der Waals surface area contributed by atoms with Crippen molar-refractivity contribution in [3.63, 3.8) is 0 Å². The van der Waals surface area contributed by atoms with Crippen molar-refractivity contribution in [3.8, 4) is 11.5 Å². The number of allylic oxidation sites excluding steroid dienone is 6. The SMILES string of the molecule is COc1cc([C@H]2C3=CC[C@@H]4C(=O)N(c5cc(C(F)(F)F)cc(C(F)(F)F)c5)C(=O)[C@@H]4[C@@H]3CC3=C2C(=O)C=C(Br)C3=O)c(Br)c(Br)c1O. The van der Waals surface area contributed by atoms with E-state index in [4.69, 9.17) is 4.74 Å². The number of alkyl halides is 6. The van der Waals surface area contributed by atoms with Crippen molar-refractivity contribution in [1.29, 1.82) is 0 Å². The maximum Gasteiger partial charge on any atom is 0.416 e. The molecule has 2 aromatic rings. The third kappa shape index (κ3) is 5.30. The fourth-order valence-corrected chi connectivity index (χ4v) is 8.26. The number of methoxy groups -OCH3 is 1. The molecule has 7 nitrogen and oxygen atoms in total. The average molecular weight is 854 g/mol. The van der Waals surface area contributed by atoms with Crippen molar-refractivity contribution in [2.75, 3.05) is 12.0 Å². The van der Waals surface area contributed by atoms with E-state index in [1.165, 1.54) is 13.2 Å². The van der Waals surface area contributed by atoms with E-state index < -0.39 is 76.2 Å². The molecular weight excluding hydrogens is 836 g/mol. The second-order valence-corrected chi connectivity index (χ2v) is 13.8. The lowest BCUT2D eigenvalue weighted by Crippen LogP contribution is -2.39. The third-order valence-electron chi connectivity index (χ3n) is 8.87. The van der Waals surface area contributed by atoms with Crippen LogP contribution in [-0.2, 0) is 31.5 Å². The predicted molar refractivity (Wildman–Crippen MR) is 164 cm³/mol. The van der Waals surface area contributed by atoms with Gasteiger partial charge < -0.3 is 9.84 Å². The summed E-state index contributed by atoms with van der Waals surface area (Å²) in [5, 5.41) is 10.6. The molecule has 47 heavy (non-hydrogen) atoms. The molecule has 2 aromatic carbocycles. The highest BCUT2D eigenvalue weighted by Crippen LogP contribution is 2.58. The Morgan fingerprint density at radius 1 is 0.872 bits per heavy atom. The highest BCUT2D eigenvalue weighted by Gasteiger charge is 2.57. The summed E-state index contributed by atoms with van der Waals surface area (Å²) >= 11 is 9.82. The van der Waals surface area contributed by atoms with Crippen LogP contribution in [0.4, 0.5) is 32.0 Å². The van der Waals surface area contributed by atoms with E-state index in [2.05, 4.69) is 47.8 Å². The molecule has 0 unspecified atom stereocenters. The Kier molecular flexibility index (Phi) is 8.19. The van der Waals surface area contributed by atoms with Crippen molar-refractivity contribution >= 4 is 76.9 Å². The lowest BCUT2D eigenvalue weighted by Gasteiger charge is -2.42. The summed E-state index contributed by atoms with van der Waals surface area (Å²) in [6.45, 7) is 0. The predicted octanol–water partition coefficient (Wildman–Crippen LogP) is 7.93. The normalized spacial score (nSPS) is 24.6. The largest absolute Gasteiger partial charge is 0.503 e. The van der Waals surface area contributed by atoms with Crippen molar-refractivity contribution in [1.82, 2.24) is 0 Å². The molecule has 1 fully saturated rings. The van der Waals surface area contributed by atoms with Crippen LogP contribution < -0.4 is 9.64 Å². The Morgan fingerprint density at radius 2 is 1.49 bits per heavy atom. The number of carbonyl (C=O) groups excluding carboxylic acids is 4. The summed E-state index contributed by atoms with van der Waals surface area (Å²) in [4.78, 5) is 55.1. The molecule has 1 saturated heterocycles. The van der Waals surface area contributed by atoms with Crippen molar-refractivity contribution in [2.45, 2.75) is 31.1 Å². The topological polar surface area (TPSA) is 101 Å². The van der Waals surface area contributed by atoms with Crippen LogP contribution in [0.2, 0.25) is 0 Å². The number of phenolic OH excluding ortho intramolecular Hbond substituents is 1. The number of ether oxygens (including phenoxy) is 1. The molecule has 4 aliphatic rings. The third-order valence-corrected chi connectivity index (χ3v) is 11.6. The van der Waals surface area contributed by atoms with Crippen molar-refractivity contribution in [3.05, 3.63) is 83.3 Å². The molecule has 16 heteroatoms. The Morgan fingerprint density at radius 3 is 2.06 bits per heavy atom. The second kappa shape index (κ2) is 11.4. The van der Waals surface area contributed by atoms with Gasteiger partial charge in [0.05, 0.1) is 44.7 Å². The molecule has 0 radical (unpaired) electrons. The molecule has 0 saturated carbocycles. The van der Waals surface area contributed by atoms with Gasteiger partial charge in [0.1, 0.15) is 0 Å². The smallest absolute Gasteiger partial charge is 0.416 e. The highest BCUT2D eigenvalue weighted by molar-refractivity contribution is 9.13. The second-order valence-electron chi connectivity index (χ2n) is 11.3. The zero-order chi connectivity index (χ0) is 34.5. The molecule has 4 atom stereocenters. The van der Waals surface area contributed by atoms with E-state index in [1.54, 1.807) is 6.08 Å². The van der Waals surface area contributed by atoms with Crippen LogP contribution in [0.15, 0.2) is 66.6 Å². The Balaban J connectivity index is 1.52. The summed E-state index contributed by atoms with van der Waals surface area (Å²) in [5.41, 5.74) is -3.35. The standard InChI is InChI=1S/C31H18Br3F6NO6/c1-47-20-8-16(24(33)25(34)27(20)44)21-13-2-3-14-22(15(13)7-17-23(21)19(42)9-18(32)26(17)43)29(46)41(28(14)45)12-5-10(30(35,36)37)4-11(6-12)31(38,39)40/h2,4-6,8-9,14-15,21-22,44H,3,7H2,1H3/t14-,15+,21+,22-/m0/s1. The first kappa shape index (κ1) is 33.7. The number of rotatable bonds is 3. The number of hydrogen-bond donors (Lipinski definition) is 1. The summed E-state index contributed by atoms with van der Waals surface area (Å²) in [5.74, 6) is -7.78. The minimum Gasteiger partial charge on any atom is -0.503 e. The molecule has 6 rings (SSSR count). The van der Waals surface area contributed by atoms with E-state index in [1.807, 2.05) is 0 Å². The van der Waals surface area contributed by atoms with E-state index in [0.29, 0.717) is 28.2 Å². The number of amides is 2. The van der Waals surface area contributed by atoms with Crippen molar-refractivity contribution in [2.24, 2.45) is 17.8 Å². The van der Waals surface area contributed by atoms with Crippen LogP contribution in [0, 0.1) is 17.8 Å². The first-order chi connectivity index (χ1) is 21.9. The number of benzene rings is 2. The van der Waals surface area contributed by atoms with Crippen LogP contribution in [0.3, 0.4) is 0 Å². The number of imide groups is 1. The quantitative estimate of drug-likeness (QED) is 0.146. The number of anilines is 1. The molecule has 0 spiro atoms. The van der Waals surface area contributed by atoms with Gasteiger partial charge in [0.2, 0.25) is 11.8 Å². The Labute approximate surface area is 286 Å². The van der Waals surface area contributed by atoms with E-state index >= 15 is 0 Å². The van der Waals surface area contributed by atoms with Crippen LogP contribution in [0.1, 0.15) is 35.4 Å². The molecule has 1 N–H and O–H groups in total. The van der Waals surface area contributed by atoms with Crippen LogP contribution >= 0.6 is 47.8 Å². The van der Waals surface area contributed by atoms with Gasteiger partial charge >= 0.3 is 12.4 Å². The minimum atomic E-state index is -5.22. The van der Waals surface area contributed by atoms with Gasteiger partial charge in [0.25, 0.3) is 0 Å². The highest BCUT2D eigenvalue weighted by atomic mass is 79.9. The van der Waals surface area contributed by atoms with E-state index in [0.717, 1.165) is 6.08 Å². The zero-order valence-corrected chi connectivity index (χ0v) is 28.3. The van der Waals surface area contributed by atoms with Gasteiger partial charge in [0, 0.05) is 27.6 Å². The van der Waals surface area contributed by atoms with Crippen LogP contribution in [0.25, 0.3) is 0 Å². The Hall–Kier alpha value is -3.24. The number of fused-ring (bicyclic) bond motifs is 3. The molecule has 1 heterocycles. The first-order valence-electron chi connectivity index (χ1n) is 13.7. The molecular formula is C31H18Br3F6NO6. The first-order valence-corrected chi connectivity index (χ1v) is 16.1. The monoisotopic (exact) mass is 851 g/mol. The number of carbonyl (C=O) groups is 4. The number of nitrogens with zero attached hydrogens (tertiary/aromatic N) is 1. The average Bonchev–Trinajstić information content (AvgIpc) is 3.26. The van der Waals surface area contributed by atoms with Gasteiger partial charge in [-0.25, -0.2) is 4.90 Å². The lowest BCUT2D eigenvalue weighted by atomic mass is 9.59. The number of phenols is 1. The summed E-state index contributed by atoms with van der Waals surface area (Å²) in [6.07, 6.45) is -8.04. The van der Waals surface area contributed by atoms with Gasteiger partial charge in [-0.05, 0) is 96.4 Å². The molecule has 0 aromatic heterocycles. The molecule has 1 aliphatic heterocycles.